The third-order valence-electron chi connectivity index (χ3n) is 3.92. The average molecular weight is 343 g/mol. The van der Waals surface area contributed by atoms with E-state index in [0.717, 1.165) is 41.2 Å². The Morgan fingerprint density at radius 2 is 1.75 bits per heavy atom. The van der Waals surface area contributed by atoms with Gasteiger partial charge in [0, 0.05) is 37.3 Å². The smallest absolute Gasteiger partial charge is 0.133 e. The van der Waals surface area contributed by atoms with Crippen molar-refractivity contribution >= 4 is 15.9 Å². The average Bonchev–Trinajstić information content (AvgIpc) is 2.44. The monoisotopic (exact) mass is 342 g/mol. The SMILES string of the molecule is COc1cc(CN2C(C)CNCC2C)c(OC)cc1Br. The second-order valence-corrected chi connectivity index (χ2v) is 6.18. The maximum absolute atomic E-state index is 5.51. The Labute approximate surface area is 129 Å². The molecule has 0 aromatic heterocycles. The summed E-state index contributed by atoms with van der Waals surface area (Å²) in [5, 5.41) is 3.46. The van der Waals surface area contributed by atoms with Gasteiger partial charge in [-0.25, -0.2) is 0 Å². The second-order valence-electron chi connectivity index (χ2n) is 5.33. The minimum absolute atomic E-state index is 0.512. The Hall–Kier alpha value is -0.780. The molecular formula is C15H23BrN2O2. The molecule has 1 N–H and O–H groups in total. The Balaban J connectivity index is 2.27. The van der Waals surface area contributed by atoms with Crippen molar-refractivity contribution in [2.24, 2.45) is 0 Å². The molecule has 5 heteroatoms. The first-order valence-corrected chi connectivity index (χ1v) is 7.73. The minimum atomic E-state index is 0.512. The zero-order valence-electron chi connectivity index (χ0n) is 12.6. The molecule has 2 rings (SSSR count). The van der Waals surface area contributed by atoms with Gasteiger partial charge in [-0.05, 0) is 41.9 Å². The van der Waals surface area contributed by atoms with E-state index in [-0.39, 0.29) is 0 Å². The van der Waals surface area contributed by atoms with E-state index >= 15 is 0 Å². The van der Waals surface area contributed by atoms with Crippen molar-refractivity contribution in [2.45, 2.75) is 32.5 Å². The van der Waals surface area contributed by atoms with Crippen molar-refractivity contribution in [2.75, 3.05) is 27.3 Å². The van der Waals surface area contributed by atoms with Gasteiger partial charge in [0.05, 0.1) is 18.7 Å². The van der Waals surface area contributed by atoms with E-state index in [0.29, 0.717) is 12.1 Å². The first kappa shape index (κ1) is 15.6. The lowest BCUT2D eigenvalue weighted by molar-refractivity contribution is 0.107. The van der Waals surface area contributed by atoms with Gasteiger partial charge in [-0.2, -0.15) is 0 Å². The molecule has 1 fully saturated rings. The van der Waals surface area contributed by atoms with Crippen molar-refractivity contribution in [1.82, 2.24) is 10.2 Å². The largest absolute Gasteiger partial charge is 0.496 e. The quantitative estimate of drug-likeness (QED) is 0.911. The summed E-state index contributed by atoms with van der Waals surface area (Å²) in [4.78, 5) is 2.50. The van der Waals surface area contributed by atoms with Crippen LogP contribution in [0.1, 0.15) is 19.4 Å². The fourth-order valence-corrected chi connectivity index (χ4v) is 3.21. The van der Waals surface area contributed by atoms with Crippen LogP contribution in [-0.4, -0.2) is 44.3 Å². The lowest BCUT2D eigenvalue weighted by Gasteiger charge is -2.39. The number of ether oxygens (including phenoxy) is 2. The number of rotatable bonds is 4. The zero-order valence-corrected chi connectivity index (χ0v) is 14.2. The van der Waals surface area contributed by atoms with Crippen LogP contribution < -0.4 is 14.8 Å². The van der Waals surface area contributed by atoms with Crippen LogP contribution in [0.5, 0.6) is 11.5 Å². The number of methoxy groups -OCH3 is 2. The van der Waals surface area contributed by atoms with Crippen LogP contribution in [0, 0.1) is 0 Å². The standard InChI is InChI=1S/C15H23BrN2O2/c1-10-7-17-8-11(2)18(10)9-12-5-15(20-4)13(16)6-14(12)19-3/h5-6,10-11,17H,7-9H2,1-4H3. The van der Waals surface area contributed by atoms with Crippen LogP contribution in [0.25, 0.3) is 0 Å². The summed E-state index contributed by atoms with van der Waals surface area (Å²) in [5.74, 6) is 1.74. The summed E-state index contributed by atoms with van der Waals surface area (Å²) in [6, 6.07) is 5.06. The molecule has 2 unspecified atom stereocenters. The first-order chi connectivity index (χ1) is 9.56. The maximum Gasteiger partial charge on any atom is 0.133 e. The highest BCUT2D eigenvalue weighted by atomic mass is 79.9. The van der Waals surface area contributed by atoms with Gasteiger partial charge >= 0.3 is 0 Å². The molecule has 20 heavy (non-hydrogen) atoms. The van der Waals surface area contributed by atoms with Crippen LogP contribution in [-0.2, 0) is 6.54 Å². The Bertz CT molecular complexity index is 457. The van der Waals surface area contributed by atoms with Gasteiger partial charge in [-0.1, -0.05) is 0 Å². The van der Waals surface area contributed by atoms with E-state index in [1.54, 1.807) is 14.2 Å². The predicted molar refractivity (Wildman–Crippen MR) is 84.6 cm³/mol. The summed E-state index contributed by atoms with van der Waals surface area (Å²) in [6.45, 7) is 7.44. The van der Waals surface area contributed by atoms with E-state index in [1.807, 2.05) is 6.07 Å². The summed E-state index contributed by atoms with van der Waals surface area (Å²) < 4.78 is 11.8. The van der Waals surface area contributed by atoms with Crippen LogP contribution in [0.2, 0.25) is 0 Å². The predicted octanol–water partition coefficient (Wildman–Crippen LogP) is 2.65. The molecule has 0 bridgehead atoms. The van der Waals surface area contributed by atoms with Gasteiger partial charge in [0.2, 0.25) is 0 Å². The highest BCUT2D eigenvalue weighted by molar-refractivity contribution is 9.10. The summed E-state index contributed by atoms with van der Waals surface area (Å²) in [5.41, 5.74) is 1.16. The van der Waals surface area contributed by atoms with Gasteiger partial charge in [-0.15, -0.1) is 0 Å². The Kier molecular flexibility index (Phi) is 5.29. The molecule has 0 saturated carbocycles. The van der Waals surface area contributed by atoms with Crippen LogP contribution in [0.4, 0.5) is 0 Å². The molecular weight excluding hydrogens is 320 g/mol. The van der Waals surface area contributed by atoms with Gasteiger partial charge < -0.3 is 14.8 Å². The van der Waals surface area contributed by atoms with Crippen LogP contribution in [0.3, 0.4) is 0 Å². The van der Waals surface area contributed by atoms with Crippen molar-refractivity contribution in [3.63, 3.8) is 0 Å². The van der Waals surface area contributed by atoms with Crippen molar-refractivity contribution in [3.05, 3.63) is 22.2 Å². The maximum atomic E-state index is 5.51. The van der Waals surface area contributed by atoms with E-state index in [2.05, 4.69) is 46.1 Å². The molecule has 1 aromatic carbocycles. The molecule has 1 heterocycles. The van der Waals surface area contributed by atoms with Gasteiger partial charge in [-0.3, -0.25) is 4.90 Å². The van der Waals surface area contributed by atoms with Crippen LogP contribution >= 0.6 is 15.9 Å². The number of nitrogens with one attached hydrogen (secondary N) is 1. The summed E-state index contributed by atoms with van der Waals surface area (Å²) in [6.07, 6.45) is 0. The van der Waals surface area contributed by atoms with Gasteiger partial charge in [0.15, 0.2) is 0 Å². The summed E-state index contributed by atoms with van der Waals surface area (Å²) >= 11 is 3.50. The zero-order chi connectivity index (χ0) is 14.7. The normalized spacial score (nSPS) is 23.6. The molecule has 112 valence electrons. The molecule has 4 nitrogen and oxygen atoms in total. The molecule has 1 saturated heterocycles. The van der Waals surface area contributed by atoms with E-state index < -0.39 is 0 Å². The topological polar surface area (TPSA) is 33.7 Å². The molecule has 0 amide bonds. The molecule has 1 aliphatic heterocycles. The number of benzene rings is 1. The molecule has 0 aliphatic carbocycles. The fourth-order valence-electron chi connectivity index (χ4n) is 2.73. The number of piperazine rings is 1. The lowest BCUT2D eigenvalue weighted by Crippen LogP contribution is -2.54. The fraction of sp³-hybridized carbons (Fsp3) is 0.600. The van der Waals surface area contributed by atoms with Gasteiger partial charge in [0.25, 0.3) is 0 Å². The third kappa shape index (κ3) is 3.27. The highest BCUT2D eigenvalue weighted by Gasteiger charge is 2.25. The Morgan fingerprint density at radius 1 is 1.15 bits per heavy atom. The number of hydrogen-bond donors (Lipinski definition) is 1. The van der Waals surface area contributed by atoms with E-state index in [9.17, 15) is 0 Å². The highest BCUT2D eigenvalue weighted by Crippen LogP contribution is 2.34. The van der Waals surface area contributed by atoms with Crippen molar-refractivity contribution < 1.29 is 9.47 Å². The molecule has 0 spiro atoms. The van der Waals surface area contributed by atoms with Gasteiger partial charge in [0.1, 0.15) is 11.5 Å². The van der Waals surface area contributed by atoms with Crippen molar-refractivity contribution in [3.8, 4) is 11.5 Å². The van der Waals surface area contributed by atoms with E-state index in [1.165, 1.54) is 0 Å². The van der Waals surface area contributed by atoms with E-state index in [4.69, 9.17) is 9.47 Å². The number of halogens is 1. The first-order valence-electron chi connectivity index (χ1n) is 6.93. The Morgan fingerprint density at radius 3 is 2.30 bits per heavy atom. The molecule has 1 aliphatic rings. The molecule has 1 aromatic rings. The molecule has 2 atom stereocenters. The van der Waals surface area contributed by atoms with Crippen molar-refractivity contribution in [1.29, 1.82) is 0 Å². The third-order valence-corrected chi connectivity index (χ3v) is 4.54. The summed E-state index contributed by atoms with van der Waals surface area (Å²) in [7, 11) is 3.40. The number of hydrogen-bond acceptors (Lipinski definition) is 4. The number of nitrogens with zero attached hydrogens (tertiary/aromatic N) is 1. The lowest BCUT2D eigenvalue weighted by atomic mass is 10.1. The second kappa shape index (κ2) is 6.78. The molecule has 0 radical (unpaired) electrons. The van der Waals surface area contributed by atoms with Crippen LogP contribution in [0.15, 0.2) is 16.6 Å². The minimum Gasteiger partial charge on any atom is -0.496 e.